The van der Waals surface area contributed by atoms with Gasteiger partial charge in [0.2, 0.25) is 0 Å². The van der Waals surface area contributed by atoms with Crippen LogP contribution < -0.4 is 10.5 Å². The first-order valence-electron chi connectivity index (χ1n) is 7.97. The summed E-state index contributed by atoms with van der Waals surface area (Å²) >= 11 is 0. The summed E-state index contributed by atoms with van der Waals surface area (Å²) in [7, 11) is 1.15. The fourth-order valence-corrected chi connectivity index (χ4v) is 2.65. The van der Waals surface area contributed by atoms with Crippen LogP contribution in [0.4, 0.5) is 11.4 Å². The number of ether oxygens (including phenoxy) is 2. The highest BCUT2D eigenvalue weighted by atomic mass is 16.6. The Balaban J connectivity index is 2.14. The molecule has 0 radical (unpaired) electrons. The first-order valence-corrected chi connectivity index (χ1v) is 7.97. The number of nitrogens with zero attached hydrogens (tertiary/aromatic N) is 3. The molecule has 0 atom stereocenters. The normalized spacial score (nSPS) is 10.1. The van der Waals surface area contributed by atoms with E-state index in [0.717, 1.165) is 7.11 Å². The third kappa shape index (κ3) is 3.34. The summed E-state index contributed by atoms with van der Waals surface area (Å²) in [5.41, 5.74) is 5.27. The van der Waals surface area contributed by atoms with Gasteiger partial charge in [0.25, 0.3) is 5.69 Å². The Bertz CT molecular complexity index is 1100. The number of hydrogen-bond donors (Lipinski definition) is 1. The van der Waals surface area contributed by atoms with Crippen molar-refractivity contribution in [1.29, 1.82) is 5.26 Å². The van der Waals surface area contributed by atoms with E-state index in [4.69, 9.17) is 15.2 Å². The number of esters is 1. The number of para-hydroxylation sites is 1. The number of carbonyl (C=O) groups excluding carboxylic acids is 1. The van der Waals surface area contributed by atoms with Crippen LogP contribution in [0.3, 0.4) is 0 Å². The predicted molar refractivity (Wildman–Crippen MR) is 99.4 cm³/mol. The summed E-state index contributed by atoms with van der Waals surface area (Å²) < 4.78 is 11.5. The molecule has 0 saturated carbocycles. The summed E-state index contributed by atoms with van der Waals surface area (Å²) in [5, 5.41) is 20.8. The van der Waals surface area contributed by atoms with Crippen molar-refractivity contribution < 1.29 is 19.2 Å². The van der Waals surface area contributed by atoms with E-state index in [9.17, 15) is 20.2 Å². The molecule has 1 heterocycles. The minimum absolute atomic E-state index is 0.000639. The topological polar surface area (TPSA) is 133 Å². The molecule has 0 fully saturated rings. The molecule has 0 saturated heterocycles. The molecular formula is C19H14N4O5. The van der Waals surface area contributed by atoms with Crippen LogP contribution in [0.1, 0.15) is 16.1 Å². The van der Waals surface area contributed by atoms with Crippen molar-refractivity contribution >= 4 is 17.3 Å². The Morgan fingerprint density at radius 3 is 2.54 bits per heavy atom. The van der Waals surface area contributed by atoms with Gasteiger partial charge in [-0.05, 0) is 24.3 Å². The molecule has 9 heteroatoms. The first-order chi connectivity index (χ1) is 13.5. The van der Waals surface area contributed by atoms with Crippen LogP contribution in [-0.2, 0) is 4.74 Å². The van der Waals surface area contributed by atoms with Crippen molar-refractivity contribution in [3.8, 4) is 23.3 Å². The second-order valence-corrected chi connectivity index (χ2v) is 5.60. The SMILES string of the molecule is COC(=O)c1c(N)c(C#N)cn1-c1ccc(Oc2ccccc2)cc1[N+](=O)[O-]. The number of aromatic nitrogens is 1. The zero-order valence-electron chi connectivity index (χ0n) is 14.7. The molecule has 2 aromatic carbocycles. The molecular weight excluding hydrogens is 364 g/mol. The van der Waals surface area contributed by atoms with Crippen molar-refractivity contribution in [2.24, 2.45) is 0 Å². The number of nitro benzene ring substituents is 1. The quantitative estimate of drug-likeness (QED) is 0.408. The van der Waals surface area contributed by atoms with Gasteiger partial charge in [0.05, 0.1) is 29.4 Å². The Morgan fingerprint density at radius 2 is 1.93 bits per heavy atom. The maximum absolute atomic E-state index is 12.1. The lowest BCUT2D eigenvalue weighted by atomic mass is 10.2. The van der Waals surface area contributed by atoms with Crippen LogP contribution in [0.25, 0.3) is 5.69 Å². The molecule has 0 amide bonds. The number of hydrogen-bond acceptors (Lipinski definition) is 7. The Labute approximate surface area is 159 Å². The van der Waals surface area contributed by atoms with E-state index in [2.05, 4.69) is 0 Å². The summed E-state index contributed by atoms with van der Waals surface area (Å²) in [6.45, 7) is 0. The molecule has 0 aliphatic heterocycles. The molecule has 3 rings (SSSR count). The summed E-state index contributed by atoms with van der Waals surface area (Å²) in [6, 6.07) is 14.8. The molecule has 0 bridgehead atoms. The van der Waals surface area contributed by atoms with Crippen LogP contribution in [0.5, 0.6) is 11.5 Å². The first kappa shape index (κ1) is 18.5. The van der Waals surface area contributed by atoms with Crippen LogP contribution in [0.15, 0.2) is 54.7 Å². The number of nitro groups is 1. The van der Waals surface area contributed by atoms with E-state index in [-0.39, 0.29) is 34.1 Å². The van der Waals surface area contributed by atoms with Crippen molar-refractivity contribution in [3.63, 3.8) is 0 Å². The van der Waals surface area contributed by atoms with Crippen LogP contribution in [-0.4, -0.2) is 22.6 Å². The smallest absolute Gasteiger partial charge is 0.357 e. The van der Waals surface area contributed by atoms with Crippen molar-refractivity contribution in [2.75, 3.05) is 12.8 Å². The van der Waals surface area contributed by atoms with Crippen LogP contribution in [0, 0.1) is 21.4 Å². The number of benzene rings is 2. The molecule has 3 aromatic rings. The van der Waals surface area contributed by atoms with Crippen LogP contribution >= 0.6 is 0 Å². The second-order valence-electron chi connectivity index (χ2n) is 5.60. The van der Waals surface area contributed by atoms with Crippen molar-refractivity contribution in [1.82, 2.24) is 4.57 Å². The zero-order chi connectivity index (χ0) is 20.3. The van der Waals surface area contributed by atoms with Gasteiger partial charge in [0, 0.05) is 6.20 Å². The minimum Gasteiger partial charge on any atom is -0.464 e. The maximum Gasteiger partial charge on any atom is 0.357 e. The van der Waals surface area contributed by atoms with E-state index in [1.807, 2.05) is 12.1 Å². The number of nitriles is 1. The highest BCUT2D eigenvalue weighted by Gasteiger charge is 2.26. The second kappa shape index (κ2) is 7.51. The van der Waals surface area contributed by atoms with Gasteiger partial charge in [-0.1, -0.05) is 18.2 Å². The van der Waals surface area contributed by atoms with Gasteiger partial charge < -0.3 is 19.8 Å². The van der Waals surface area contributed by atoms with E-state index in [0.29, 0.717) is 5.75 Å². The van der Waals surface area contributed by atoms with Gasteiger partial charge in [-0.2, -0.15) is 5.26 Å². The average molecular weight is 378 g/mol. The fourth-order valence-electron chi connectivity index (χ4n) is 2.65. The van der Waals surface area contributed by atoms with Gasteiger partial charge in [0.1, 0.15) is 23.3 Å². The molecule has 0 unspecified atom stereocenters. The van der Waals surface area contributed by atoms with E-state index >= 15 is 0 Å². The Morgan fingerprint density at radius 1 is 1.21 bits per heavy atom. The number of rotatable bonds is 5. The largest absolute Gasteiger partial charge is 0.464 e. The Hall–Kier alpha value is -4.32. The van der Waals surface area contributed by atoms with E-state index in [1.165, 1.54) is 29.0 Å². The molecule has 0 aliphatic carbocycles. The number of anilines is 1. The fraction of sp³-hybridized carbons (Fsp3) is 0.0526. The number of nitrogens with two attached hydrogens (primary N) is 1. The molecule has 140 valence electrons. The number of methoxy groups -OCH3 is 1. The molecule has 2 N–H and O–H groups in total. The van der Waals surface area contributed by atoms with Gasteiger partial charge in [-0.3, -0.25) is 10.1 Å². The third-order valence-electron chi connectivity index (χ3n) is 3.93. The molecule has 28 heavy (non-hydrogen) atoms. The van der Waals surface area contributed by atoms with Gasteiger partial charge in [-0.15, -0.1) is 0 Å². The number of carbonyl (C=O) groups is 1. The van der Waals surface area contributed by atoms with E-state index < -0.39 is 10.9 Å². The van der Waals surface area contributed by atoms with Crippen LogP contribution in [0.2, 0.25) is 0 Å². The summed E-state index contributed by atoms with van der Waals surface area (Å²) in [5.74, 6) is -0.0726. The minimum atomic E-state index is -0.821. The summed E-state index contributed by atoms with van der Waals surface area (Å²) in [4.78, 5) is 23.1. The monoisotopic (exact) mass is 378 g/mol. The highest BCUT2D eigenvalue weighted by molar-refractivity contribution is 5.96. The molecule has 0 spiro atoms. The lowest BCUT2D eigenvalue weighted by molar-refractivity contribution is -0.384. The zero-order valence-corrected chi connectivity index (χ0v) is 14.7. The predicted octanol–water partition coefficient (Wildman–Crippen LogP) is 3.42. The van der Waals surface area contributed by atoms with E-state index in [1.54, 1.807) is 24.3 Å². The molecule has 1 aromatic heterocycles. The number of nitrogen functional groups attached to an aromatic ring is 1. The lowest BCUT2D eigenvalue weighted by Crippen LogP contribution is -2.12. The van der Waals surface area contributed by atoms with Crippen molar-refractivity contribution in [2.45, 2.75) is 0 Å². The lowest BCUT2D eigenvalue weighted by Gasteiger charge is -2.11. The van der Waals surface area contributed by atoms with Gasteiger partial charge >= 0.3 is 5.97 Å². The maximum atomic E-state index is 12.1. The van der Waals surface area contributed by atoms with Crippen molar-refractivity contribution in [3.05, 3.63) is 76.1 Å². The van der Waals surface area contributed by atoms with Gasteiger partial charge in [0.15, 0.2) is 5.69 Å². The van der Waals surface area contributed by atoms with Gasteiger partial charge in [-0.25, -0.2) is 4.79 Å². The standard InChI is InChI=1S/C19H14N4O5/c1-27-19(24)18-17(21)12(10-20)11-22(18)15-8-7-14(9-16(15)23(25)26)28-13-5-3-2-4-6-13/h2-9,11H,21H2,1H3. The highest BCUT2D eigenvalue weighted by Crippen LogP contribution is 2.34. The average Bonchev–Trinajstić information content (AvgIpc) is 3.04. The third-order valence-corrected chi connectivity index (χ3v) is 3.93. The Kier molecular flexibility index (Phi) is 4.95. The molecule has 0 aliphatic rings. The summed E-state index contributed by atoms with van der Waals surface area (Å²) in [6.07, 6.45) is 1.25. The molecule has 9 nitrogen and oxygen atoms in total.